The average Bonchev–Trinajstić information content (AvgIpc) is 3.19. The van der Waals surface area contributed by atoms with Gasteiger partial charge in [0.05, 0.1) is 17.4 Å². The number of rotatable bonds is 3. The second-order valence-corrected chi connectivity index (χ2v) is 10.8. The number of hydrogen-bond donors (Lipinski definition) is 1. The van der Waals surface area contributed by atoms with Crippen LogP contribution in [0.25, 0.3) is 0 Å². The third kappa shape index (κ3) is 4.29. The summed E-state index contributed by atoms with van der Waals surface area (Å²) in [5, 5.41) is 18.4. The first kappa shape index (κ1) is 22.1. The maximum absolute atomic E-state index is 11.1. The fourth-order valence-electron chi connectivity index (χ4n) is 4.38. The molecule has 0 saturated carbocycles. The minimum atomic E-state index is -0.169. The van der Waals surface area contributed by atoms with Crippen LogP contribution in [0.5, 0.6) is 5.75 Å². The molecule has 1 unspecified atom stereocenters. The van der Waals surface area contributed by atoms with Gasteiger partial charge in [0.1, 0.15) is 5.75 Å². The van der Waals surface area contributed by atoms with Crippen LogP contribution < -0.4 is 5.01 Å². The molecule has 1 aliphatic rings. The van der Waals surface area contributed by atoms with Gasteiger partial charge in [-0.15, -0.1) is 0 Å². The molecule has 0 aliphatic carbocycles. The smallest absolute Gasteiger partial charge is 0.123 e. The van der Waals surface area contributed by atoms with Crippen LogP contribution in [-0.2, 0) is 10.8 Å². The number of hydrazone groups is 1. The van der Waals surface area contributed by atoms with Crippen molar-refractivity contribution in [3.05, 3.63) is 95.1 Å². The maximum Gasteiger partial charge on any atom is 0.123 e. The highest BCUT2D eigenvalue weighted by atomic mass is 16.3. The summed E-state index contributed by atoms with van der Waals surface area (Å²) in [5.74, 6) is 0.409. The molecule has 1 aliphatic heterocycles. The molecule has 0 saturated heterocycles. The summed E-state index contributed by atoms with van der Waals surface area (Å²) in [6, 6.07) is 25.4. The summed E-state index contributed by atoms with van der Waals surface area (Å²) in [4.78, 5) is 0. The van der Waals surface area contributed by atoms with Crippen molar-refractivity contribution in [2.75, 3.05) is 5.01 Å². The van der Waals surface area contributed by atoms with E-state index in [9.17, 15) is 5.11 Å². The fourth-order valence-corrected chi connectivity index (χ4v) is 4.38. The molecule has 0 spiro atoms. The second kappa shape index (κ2) is 8.12. The Bertz CT molecular complexity index is 1080. The van der Waals surface area contributed by atoms with Gasteiger partial charge in [0, 0.05) is 17.5 Å². The number of benzene rings is 3. The summed E-state index contributed by atoms with van der Waals surface area (Å²) in [7, 11) is 0. The lowest BCUT2D eigenvalue weighted by molar-refractivity contribution is 0.423. The van der Waals surface area contributed by atoms with E-state index < -0.39 is 0 Å². The highest BCUT2D eigenvalue weighted by Gasteiger charge is 2.32. The lowest BCUT2D eigenvalue weighted by Crippen LogP contribution is -2.19. The van der Waals surface area contributed by atoms with Crippen LogP contribution in [0.1, 0.15) is 76.3 Å². The first-order valence-electron chi connectivity index (χ1n) is 11.4. The van der Waals surface area contributed by atoms with Crippen molar-refractivity contribution in [2.45, 2.75) is 64.8 Å². The van der Waals surface area contributed by atoms with E-state index in [4.69, 9.17) is 5.10 Å². The van der Waals surface area contributed by atoms with Crippen LogP contribution in [0, 0.1) is 0 Å². The molecule has 3 aromatic carbocycles. The van der Waals surface area contributed by atoms with E-state index in [1.54, 1.807) is 0 Å². The van der Waals surface area contributed by atoms with Gasteiger partial charge in [0.15, 0.2) is 0 Å². The molecule has 32 heavy (non-hydrogen) atoms. The maximum atomic E-state index is 11.1. The number of nitrogens with zero attached hydrogens (tertiary/aromatic N) is 2. The lowest BCUT2D eigenvalue weighted by atomic mass is 9.77. The second-order valence-electron chi connectivity index (χ2n) is 10.8. The normalized spacial score (nSPS) is 16.9. The van der Waals surface area contributed by atoms with E-state index >= 15 is 0 Å². The van der Waals surface area contributed by atoms with Crippen LogP contribution in [0.3, 0.4) is 0 Å². The first-order valence-corrected chi connectivity index (χ1v) is 11.4. The Morgan fingerprint density at radius 3 is 1.78 bits per heavy atom. The summed E-state index contributed by atoms with van der Waals surface area (Å²) in [6.07, 6.45) is 0.816. The van der Waals surface area contributed by atoms with Crippen LogP contribution >= 0.6 is 0 Å². The van der Waals surface area contributed by atoms with Crippen molar-refractivity contribution in [1.82, 2.24) is 0 Å². The summed E-state index contributed by atoms with van der Waals surface area (Å²) >= 11 is 0. The monoisotopic (exact) mass is 426 g/mol. The predicted molar refractivity (Wildman–Crippen MR) is 135 cm³/mol. The van der Waals surface area contributed by atoms with Crippen LogP contribution in [0.15, 0.2) is 77.9 Å². The first-order chi connectivity index (χ1) is 15.1. The predicted octanol–water partition coefficient (Wildman–Crippen LogP) is 7.34. The highest BCUT2D eigenvalue weighted by Crippen LogP contribution is 2.42. The van der Waals surface area contributed by atoms with E-state index in [0.29, 0.717) is 5.75 Å². The van der Waals surface area contributed by atoms with E-state index in [1.807, 2.05) is 6.07 Å². The molecule has 0 radical (unpaired) electrons. The number of hydrogen-bond acceptors (Lipinski definition) is 3. The molecule has 0 aromatic heterocycles. The molecular formula is C29H34N2O. The number of phenolic OH excluding ortho intramolecular Hbond substituents is 1. The molecule has 3 heteroatoms. The fraction of sp³-hybridized carbons (Fsp3) is 0.345. The van der Waals surface area contributed by atoms with Crippen molar-refractivity contribution in [3.63, 3.8) is 0 Å². The number of anilines is 1. The van der Waals surface area contributed by atoms with Crippen LogP contribution in [-0.4, -0.2) is 10.8 Å². The van der Waals surface area contributed by atoms with Crippen molar-refractivity contribution in [1.29, 1.82) is 0 Å². The van der Waals surface area contributed by atoms with E-state index in [-0.39, 0.29) is 16.9 Å². The Morgan fingerprint density at radius 1 is 0.781 bits per heavy atom. The molecule has 0 fully saturated rings. The average molecular weight is 427 g/mol. The Labute approximate surface area is 192 Å². The van der Waals surface area contributed by atoms with Gasteiger partial charge in [0.25, 0.3) is 0 Å². The number of phenols is 1. The topological polar surface area (TPSA) is 35.8 Å². The number of para-hydroxylation sites is 1. The van der Waals surface area contributed by atoms with Gasteiger partial charge < -0.3 is 5.11 Å². The van der Waals surface area contributed by atoms with Gasteiger partial charge in [0.2, 0.25) is 0 Å². The highest BCUT2D eigenvalue weighted by molar-refractivity contribution is 6.04. The Morgan fingerprint density at radius 2 is 1.28 bits per heavy atom. The van der Waals surface area contributed by atoms with E-state index in [1.165, 1.54) is 5.56 Å². The minimum absolute atomic E-state index is 0.138. The van der Waals surface area contributed by atoms with Crippen molar-refractivity contribution < 1.29 is 5.11 Å². The zero-order chi connectivity index (χ0) is 23.1. The van der Waals surface area contributed by atoms with Crippen molar-refractivity contribution >= 4 is 11.4 Å². The molecule has 1 N–H and O–H groups in total. The molecule has 0 bridgehead atoms. The standard InChI is InChI=1S/C29H34N2O/c1-28(2,3)23-17-21(18-24(27(23)32)29(4,5)6)25-19-26(20-13-9-7-10-14-20)31(30-25)22-15-11-8-12-16-22/h7-18,26,32H,19H2,1-6H3. The summed E-state index contributed by atoms with van der Waals surface area (Å²) in [6.45, 7) is 12.9. The lowest BCUT2D eigenvalue weighted by Gasteiger charge is -2.28. The largest absolute Gasteiger partial charge is 0.507 e. The molecular weight excluding hydrogens is 392 g/mol. The molecule has 3 aromatic rings. The van der Waals surface area contributed by atoms with Gasteiger partial charge >= 0.3 is 0 Å². The van der Waals surface area contributed by atoms with Gasteiger partial charge in [-0.25, -0.2) is 0 Å². The Balaban J connectivity index is 1.86. The summed E-state index contributed by atoms with van der Waals surface area (Å²) in [5.41, 5.74) is 6.09. The molecule has 1 heterocycles. The van der Waals surface area contributed by atoms with E-state index in [0.717, 1.165) is 34.5 Å². The van der Waals surface area contributed by atoms with Crippen LogP contribution in [0.2, 0.25) is 0 Å². The van der Waals surface area contributed by atoms with Crippen molar-refractivity contribution in [2.24, 2.45) is 5.10 Å². The summed E-state index contributed by atoms with van der Waals surface area (Å²) < 4.78 is 0. The zero-order valence-electron chi connectivity index (χ0n) is 20.1. The Hall–Kier alpha value is -3.07. The SMILES string of the molecule is CC(C)(C)c1cc(C2=NN(c3ccccc3)C(c3ccccc3)C2)cc(C(C)(C)C)c1O. The van der Waals surface area contributed by atoms with Gasteiger partial charge in [-0.2, -0.15) is 5.10 Å². The van der Waals surface area contributed by atoms with E-state index in [2.05, 4.69) is 113 Å². The number of aromatic hydroxyl groups is 1. The quantitative estimate of drug-likeness (QED) is 0.475. The molecule has 4 rings (SSSR count). The molecule has 0 amide bonds. The van der Waals surface area contributed by atoms with Gasteiger partial charge in [-0.1, -0.05) is 90.1 Å². The zero-order valence-corrected chi connectivity index (χ0v) is 20.1. The third-order valence-electron chi connectivity index (χ3n) is 6.17. The Kier molecular flexibility index (Phi) is 5.62. The van der Waals surface area contributed by atoms with Crippen LogP contribution in [0.4, 0.5) is 5.69 Å². The molecule has 166 valence electrons. The minimum Gasteiger partial charge on any atom is -0.507 e. The third-order valence-corrected chi connectivity index (χ3v) is 6.17. The molecule has 1 atom stereocenters. The van der Waals surface area contributed by atoms with Gasteiger partial charge in [-0.3, -0.25) is 5.01 Å². The van der Waals surface area contributed by atoms with Gasteiger partial charge in [-0.05, 0) is 46.2 Å². The molecule has 3 nitrogen and oxygen atoms in total. The van der Waals surface area contributed by atoms with Crippen molar-refractivity contribution in [3.8, 4) is 5.75 Å².